The minimum absolute atomic E-state index is 0.123. The van der Waals surface area contributed by atoms with Crippen LogP contribution in [0.3, 0.4) is 0 Å². The van der Waals surface area contributed by atoms with Crippen LogP contribution in [0.5, 0.6) is 0 Å². The van der Waals surface area contributed by atoms with Crippen molar-refractivity contribution in [1.29, 1.82) is 0 Å². The van der Waals surface area contributed by atoms with E-state index in [0.717, 1.165) is 11.3 Å². The van der Waals surface area contributed by atoms with Gasteiger partial charge in [-0.1, -0.05) is 19.1 Å². The van der Waals surface area contributed by atoms with Crippen molar-refractivity contribution in [3.05, 3.63) is 29.8 Å². The third-order valence-electron chi connectivity index (χ3n) is 2.21. The number of anilines is 1. The molecule has 0 heterocycles. The summed E-state index contributed by atoms with van der Waals surface area (Å²) in [6, 6.07) is 7.53. The van der Waals surface area contributed by atoms with Crippen molar-refractivity contribution in [3.8, 4) is 0 Å². The molecular formula is C11H16N2O2. The van der Waals surface area contributed by atoms with E-state index >= 15 is 0 Å². The third kappa shape index (κ3) is 3.59. The van der Waals surface area contributed by atoms with Crippen molar-refractivity contribution < 1.29 is 9.63 Å². The minimum Gasteiger partial charge on any atom is -0.399 e. The first-order valence-corrected chi connectivity index (χ1v) is 4.80. The molecule has 3 N–H and O–H groups in total. The van der Waals surface area contributed by atoms with Gasteiger partial charge in [-0.15, -0.1) is 0 Å². The molecule has 0 aliphatic rings. The third-order valence-corrected chi connectivity index (χ3v) is 2.21. The fraction of sp³-hybridized carbons (Fsp3) is 0.364. The summed E-state index contributed by atoms with van der Waals surface area (Å²) in [5.41, 5.74) is 9.69. The Morgan fingerprint density at radius 3 is 2.60 bits per heavy atom. The maximum absolute atomic E-state index is 11.2. The van der Waals surface area contributed by atoms with E-state index in [1.807, 2.05) is 31.2 Å². The van der Waals surface area contributed by atoms with Crippen molar-refractivity contribution in [2.75, 3.05) is 12.8 Å². The molecule has 1 aromatic rings. The first-order chi connectivity index (χ1) is 7.13. The first-order valence-electron chi connectivity index (χ1n) is 4.80. The van der Waals surface area contributed by atoms with Gasteiger partial charge in [-0.25, -0.2) is 5.48 Å². The normalized spacial score (nSPS) is 12.1. The minimum atomic E-state index is -0.123. The fourth-order valence-corrected chi connectivity index (χ4v) is 1.38. The molecule has 1 rings (SSSR count). The number of benzene rings is 1. The number of amides is 1. The Kier molecular flexibility index (Phi) is 4.12. The number of nitrogens with two attached hydrogens (primary N) is 1. The van der Waals surface area contributed by atoms with Crippen LogP contribution in [0.1, 0.15) is 24.8 Å². The Morgan fingerprint density at radius 2 is 2.07 bits per heavy atom. The predicted molar refractivity (Wildman–Crippen MR) is 59.0 cm³/mol. The molecule has 1 aromatic carbocycles. The van der Waals surface area contributed by atoms with Gasteiger partial charge >= 0.3 is 0 Å². The zero-order valence-corrected chi connectivity index (χ0v) is 8.99. The zero-order chi connectivity index (χ0) is 11.3. The molecule has 1 amide bonds. The second-order valence-electron chi connectivity index (χ2n) is 3.50. The van der Waals surface area contributed by atoms with E-state index in [1.54, 1.807) is 0 Å². The van der Waals surface area contributed by atoms with E-state index in [0.29, 0.717) is 6.42 Å². The summed E-state index contributed by atoms with van der Waals surface area (Å²) in [5.74, 6) is 0.0302. The topological polar surface area (TPSA) is 64.3 Å². The van der Waals surface area contributed by atoms with Crippen molar-refractivity contribution in [3.63, 3.8) is 0 Å². The van der Waals surface area contributed by atoms with E-state index in [1.165, 1.54) is 7.11 Å². The van der Waals surface area contributed by atoms with Gasteiger partial charge in [0.25, 0.3) is 0 Å². The van der Waals surface area contributed by atoms with Gasteiger partial charge in [0.1, 0.15) is 0 Å². The van der Waals surface area contributed by atoms with Crippen molar-refractivity contribution in [2.45, 2.75) is 19.3 Å². The summed E-state index contributed by atoms with van der Waals surface area (Å²) < 4.78 is 0. The number of rotatable bonds is 4. The summed E-state index contributed by atoms with van der Waals surface area (Å²) in [4.78, 5) is 15.8. The lowest BCUT2D eigenvalue weighted by Crippen LogP contribution is -2.23. The molecule has 82 valence electrons. The molecule has 1 atom stereocenters. The van der Waals surface area contributed by atoms with E-state index in [-0.39, 0.29) is 11.8 Å². The van der Waals surface area contributed by atoms with E-state index < -0.39 is 0 Å². The Hall–Kier alpha value is -1.55. The summed E-state index contributed by atoms with van der Waals surface area (Å²) in [6.45, 7) is 1.99. The Labute approximate surface area is 89.4 Å². The van der Waals surface area contributed by atoms with Gasteiger partial charge in [-0.2, -0.15) is 0 Å². The van der Waals surface area contributed by atoms with Crippen LogP contribution in [-0.4, -0.2) is 13.0 Å². The SMILES string of the molecule is CONC(=O)CC(C)c1ccc(N)cc1. The zero-order valence-electron chi connectivity index (χ0n) is 8.99. The lowest BCUT2D eigenvalue weighted by atomic mass is 9.97. The highest BCUT2D eigenvalue weighted by Crippen LogP contribution is 2.19. The molecular weight excluding hydrogens is 192 g/mol. The Morgan fingerprint density at radius 1 is 1.47 bits per heavy atom. The number of nitrogens with one attached hydrogen (secondary N) is 1. The Balaban J connectivity index is 2.57. The van der Waals surface area contributed by atoms with Gasteiger partial charge in [0.05, 0.1) is 7.11 Å². The van der Waals surface area contributed by atoms with Gasteiger partial charge in [0.2, 0.25) is 5.91 Å². The molecule has 0 bridgehead atoms. The number of nitrogen functional groups attached to an aromatic ring is 1. The second kappa shape index (κ2) is 5.36. The van der Waals surface area contributed by atoms with E-state index in [9.17, 15) is 4.79 Å². The smallest absolute Gasteiger partial charge is 0.244 e. The van der Waals surface area contributed by atoms with Crippen molar-refractivity contribution in [1.82, 2.24) is 5.48 Å². The van der Waals surface area contributed by atoms with Gasteiger partial charge in [-0.3, -0.25) is 9.63 Å². The maximum atomic E-state index is 11.2. The maximum Gasteiger partial charge on any atom is 0.244 e. The molecule has 0 fully saturated rings. The number of hydrogen-bond donors (Lipinski definition) is 2. The summed E-state index contributed by atoms with van der Waals surface area (Å²) in [7, 11) is 1.42. The quantitative estimate of drug-likeness (QED) is 0.581. The van der Waals surface area contributed by atoms with Crippen LogP contribution in [-0.2, 0) is 9.63 Å². The second-order valence-corrected chi connectivity index (χ2v) is 3.50. The lowest BCUT2D eigenvalue weighted by Gasteiger charge is -2.11. The fourth-order valence-electron chi connectivity index (χ4n) is 1.38. The molecule has 0 spiro atoms. The average molecular weight is 208 g/mol. The summed E-state index contributed by atoms with van der Waals surface area (Å²) in [5, 5.41) is 0. The molecule has 0 aromatic heterocycles. The first kappa shape index (κ1) is 11.5. The van der Waals surface area contributed by atoms with Gasteiger partial charge in [0, 0.05) is 12.1 Å². The molecule has 0 aliphatic carbocycles. The van der Waals surface area contributed by atoms with Crippen LogP contribution in [0.4, 0.5) is 5.69 Å². The van der Waals surface area contributed by atoms with Gasteiger partial charge in [-0.05, 0) is 23.6 Å². The van der Waals surface area contributed by atoms with Gasteiger partial charge in [0.15, 0.2) is 0 Å². The van der Waals surface area contributed by atoms with E-state index in [2.05, 4.69) is 10.3 Å². The molecule has 4 nitrogen and oxygen atoms in total. The molecule has 1 unspecified atom stereocenters. The van der Waals surface area contributed by atoms with Crippen LogP contribution >= 0.6 is 0 Å². The highest BCUT2D eigenvalue weighted by molar-refractivity contribution is 5.75. The predicted octanol–water partition coefficient (Wildman–Crippen LogP) is 1.44. The van der Waals surface area contributed by atoms with Crippen LogP contribution in [0.25, 0.3) is 0 Å². The van der Waals surface area contributed by atoms with Crippen molar-refractivity contribution >= 4 is 11.6 Å². The van der Waals surface area contributed by atoms with Crippen molar-refractivity contribution in [2.24, 2.45) is 0 Å². The monoisotopic (exact) mass is 208 g/mol. The van der Waals surface area contributed by atoms with Crippen LogP contribution in [0.2, 0.25) is 0 Å². The highest BCUT2D eigenvalue weighted by Gasteiger charge is 2.10. The lowest BCUT2D eigenvalue weighted by molar-refractivity contribution is -0.131. The highest BCUT2D eigenvalue weighted by atomic mass is 16.6. The molecule has 0 saturated heterocycles. The van der Waals surface area contributed by atoms with Gasteiger partial charge < -0.3 is 5.73 Å². The van der Waals surface area contributed by atoms with E-state index in [4.69, 9.17) is 5.73 Å². The number of hydrogen-bond acceptors (Lipinski definition) is 3. The summed E-state index contributed by atoms with van der Waals surface area (Å²) >= 11 is 0. The molecule has 0 aliphatic heterocycles. The molecule has 15 heavy (non-hydrogen) atoms. The number of carbonyl (C=O) groups is 1. The number of carbonyl (C=O) groups excluding carboxylic acids is 1. The van der Waals surface area contributed by atoms with Crippen LogP contribution in [0.15, 0.2) is 24.3 Å². The largest absolute Gasteiger partial charge is 0.399 e. The van der Waals surface area contributed by atoms with Crippen LogP contribution in [0, 0.1) is 0 Å². The Bertz CT molecular complexity index is 322. The molecule has 4 heteroatoms. The van der Waals surface area contributed by atoms with Crippen LogP contribution < -0.4 is 11.2 Å². The molecule has 0 saturated carbocycles. The number of hydroxylamine groups is 1. The summed E-state index contributed by atoms with van der Waals surface area (Å²) in [6.07, 6.45) is 0.401. The average Bonchev–Trinajstić information content (AvgIpc) is 2.18. The molecule has 0 radical (unpaired) electrons. The standard InChI is InChI=1S/C11H16N2O2/c1-8(7-11(14)13-15-2)9-3-5-10(12)6-4-9/h3-6,8H,7,12H2,1-2H3,(H,13,14).